The van der Waals surface area contributed by atoms with E-state index in [-0.39, 0.29) is 17.9 Å². The molecule has 2 heterocycles. The number of nitrogens with zero attached hydrogens (tertiary/aromatic N) is 1. The number of anilines is 1. The monoisotopic (exact) mass is 301 g/mol. The molecule has 2 N–H and O–H groups in total. The SMILES string of the molecule is COc1ccc(C2CC(=O)Nc3[nH]ncc32)cc1OC(C)C. The summed E-state index contributed by atoms with van der Waals surface area (Å²) in [6, 6.07) is 5.78. The number of fused-ring (bicyclic) bond motifs is 1. The molecule has 3 rings (SSSR count). The van der Waals surface area contributed by atoms with Gasteiger partial charge in [-0.3, -0.25) is 9.89 Å². The van der Waals surface area contributed by atoms with E-state index in [1.165, 1.54) is 0 Å². The van der Waals surface area contributed by atoms with Crippen molar-refractivity contribution in [2.24, 2.45) is 0 Å². The number of H-pyrrole nitrogens is 1. The summed E-state index contributed by atoms with van der Waals surface area (Å²) in [7, 11) is 1.62. The maximum atomic E-state index is 11.9. The Labute approximate surface area is 128 Å². The first-order valence-corrected chi connectivity index (χ1v) is 7.26. The number of hydrogen-bond donors (Lipinski definition) is 2. The topological polar surface area (TPSA) is 76.2 Å². The summed E-state index contributed by atoms with van der Waals surface area (Å²) in [6.45, 7) is 3.93. The average molecular weight is 301 g/mol. The summed E-state index contributed by atoms with van der Waals surface area (Å²) < 4.78 is 11.2. The van der Waals surface area contributed by atoms with Crippen LogP contribution in [-0.2, 0) is 4.79 Å². The molecule has 1 aromatic heterocycles. The van der Waals surface area contributed by atoms with Crippen molar-refractivity contribution in [2.75, 3.05) is 12.4 Å². The first kappa shape index (κ1) is 14.4. The quantitative estimate of drug-likeness (QED) is 0.910. The fourth-order valence-corrected chi connectivity index (χ4v) is 2.70. The van der Waals surface area contributed by atoms with Crippen molar-refractivity contribution >= 4 is 11.7 Å². The van der Waals surface area contributed by atoms with E-state index in [9.17, 15) is 4.79 Å². The number of hydrogen-bond acceptors (Lipinski definition) is 4. The third kappa shape index (κ3) is 2.64. The molecule has 0 radical (unpaired) electrons. The van der Waals surface area contributed by atoms with E-state index in [1.54, 1.807) is 13.3 Å². The molecule has 1 aromatic carbocycles. The van der Waals surface area contributed by atoms with Crippen LogP contribution in [0.1, 0.15) is 37.3 Å². The molecule has 0 bridgehead atoms. The van der Waals surface area contributed by atoms with Crippen molar-refractivity contribution < 1.29 is 14.3 Å². The lowest BCUT2D eigenvalue weighted by Crippen LogP contribution is -2.23. The first-order chi connectivity index (χ1) is 10.6. The third-order valence-corrected chi connectivity index (χ3v) is 3.65. The number of amides is 1. The summed E-state index contributed by atoms with van der Waals surface area (Å²) in [5.41, 5.74) is 1.99. The van der Waals surface area contributed by atoms with Crippen LogP contribution in [-0.4, -0.2) is 29.3 Å². The zero-order valence-electron chi connectivity index (χ0n) is 12.8. The Balaban J connectivity index is 2.00. The average Bonchev–Trinajstić information content (AvgIpc) is 2.93. The molecule has 22 heavy (non-hydrogen) atoms. The molecule has 0 saturated carbocycles. The maximum Gasteiger partial charge on any atom is 0.226 e. The number of aromatic nitrogens is 2. The Morgan fingerprint density at radius 3 is 2.86 bits per heavy atom. The molecule has 0 spiro atoms. The molecule has 6 nitrogen and oxygen atoms in total. The number of rotatable bonds is 4. The predicted octanol–water partition coefficient (Wildman–Crippen LogP) is 2.68. The van der Waals surface area contributed by atoms with Crippen LogP contribution in [0.25, 0.3) is 0 Å². The minimum atomic E-state index is -0.0390. The van der Waals surface area contributed by atoms with Crippen molar-refractivity contribution in [1.29, 1.82) is 0 Å². The Bertz CT molecular complexity index is 694. The molecule has 0 fully saturated rings. The molecule has 1 atom stereocenters. The molecular weight excluding hydrogens is 282 g/mol. The molecule has 2 aromatic rings. The Kier molecular flexibility index (Phi) is 3.75. The van der Waals surface area contributed by atoms with Crippen LogP contribution in [0.2, 0.25) is 0 Å². The van der Waals surface area contributed by atoms with E-state index in [4.69, 9.17) is 9.47 Å². The zero-order chi connectivity index (χ0) is 15.7. The van der Waals surface area contributed by atoms with E-state index < -0.39 is 0 Å². The van der Waals surface area contributed by atoms with Crippen molar-refractivity contribution in [3.8, 4) is 11.5 Å². The van der Waals surface area contributed by atoms with E-state index in [0.29, 0.717) is 23.7 Å². The molecular formula is C16H19N3O3. The highest BCUT2D eigenvalue weighted by atomic mass is 16.5. The van der Waals surface area contributed by atoms with E-state index in [2.05, 4.69) is 15.5 Å². The molecule has 0 saturated heterocycles. The minimum Gasteiger partial charge on any atom is -0.493 e. The Morgan fingerprint density at radius 1 is 1.32 bits per heavy atom. The van der Waals surface area contributed by atoms with Gasteiger partial charge in [0.1, 0.15) is 5.82 Å². The van der Waals surface area contributed by atoms with Crippen LogP contribution >= 0.6 is 0 Å². The van der Waals surface area contributed by atoms with Gasteiger partial charge in [-0.25, -0.2) is 0 Å². The van der Waals surface area contributed by atoms with E-state index in [0.717, 1.165) is 11.1 Å². The second-order valence-corrected chi connectivity index (χ2v) is 5.58. The summed E-state index contributed by atoms with van der Waals surface area (Å²) in [5, 5.41) is 9.64. The van der Waals surface area contributed by atoms with Crippen LogP contribution in [0.15, 0.2) is 24.4 Å². The summed E-state index contributed by atoms with van der Waals surface area (Å²) >= 11 is 0. The van der Waals surface area contributed by atoms with Gasteiger partial charge in [-0.15, -0.1) is 0 Å². The lowest BCUT2D eigenvalue weighted by Gasteiger charge is -2.23. The molecule has 1 aliphatic heterocycles. The molecule has 0 aliphatic carbocycles. The van der Waals surface area contributed by atoms with Gasteiger partial charge in [0, 0.05) is 17.9 Å². The van der Waals surface area contributed by atoms with Crippen LogP contribution in [0, 0.1) is 0 Å². The number of aromatic amines is 1. The van der Waals surface area contributed by atoms with Crippen LogP contribution in [0.4, 0.5) is 5.82 Å². The summed E-state index contributed by atoms with van der Waals surface area (Å²) in [4.78, 5) is 11.9. The fourth-order valence-electron chi connectivity index (χ4n) is 2.70. The number of methoxy groups -OCH3 is 1. The maximum absolute atomic E-state index is 11.9. The number of ether oxygens (including phenoxy) is 2. The van der Waals surface area contributed by atoms with Gasteiger partial charge in [0.05, 0.1) is 19.4 Å². The highest BCUT2D eigenvalue weighted by Crippen LogP contribution is 2.39. The second kappa shape index (κ2) is 5.71. The molecule has 1 amide bonds. The van der Waals surface area contributed by atoms with Gasteiger partial charge in [-0.2, -0.15) is 5.10 Å². The van der Waals surface area contributed by atoms with Gasteiger partial charge in [0.15, 0.2) is 11.5 Å². The molecule has 6 heteroatoms. The van der Waals surface area contributed by atoms with Gasteiger partial charge in [-0.05, 0) is 31.5 Å². The van der Waals surface area contributed by atoms with Crippen molar-refractivity contribution in [3.05, 3.63) is 35.5 Å². The number of benzene rings is 1. The Morgan fingerprint density at radius 2 is 2.14 bits per heavy atom. The van der Waals surface area contributed by atoms with Gasteiger partial charge in [0.2, 0.25) is 5.91 Å². The zero-order valence-corrected chi connectivity index (χ0v) is 12.8. The molecule has 1 unspecified atom stereocenters. The van der Waals surface area contributed by atoms with Gasteiger partial charge in [0.25, 0.3) is 0 Å². The first-order valence-electron chi connectivity index (χ1n) is 7.26. The largest absolute Gasteiger partial charge is 0.493 e. The molecule has 1 aliphatic rings. The third-order valence-electron chi connectivity index (χ3n) is 3.65. The summed E-state index contributed by atoms with van der Waals surface area (Å²) in [5.74, 6) is 1.98. The molecule has 116 valence electrons. The van der Waals surface area contributed by atoms with Gasteiger partial charge < -0.3 is 14.8 Å². The normalized spacial score (nSPS) is 17.1. The van der Waals surface area contributed by atoms with Crippen LogP contribution in [0.3, 0.4) is 0 Å². The van der Waals surface area contributed by atoms with Crippen molar-refractivity contribution in [3.63, 3.8) is 0 Å². The van der Waals surface area contributed by atoms with Crippen molar-refractivity contribution in [2.45, 2.75) is 32.3 Å². The lowest BCUT2D eigenvalue weighted by molar-refractivity contribution is -0.116. The number of nitrogens with one attached hydrogen (secondary N) is 2. The van der Waals surface area contributed by atoms with Crippen LogP contribution in [0.5, 0.6) is 11.5 Å². The second-order valence-electron chi connectivity index (χ2n) is 5.58. The van der Waals surface area contributed by atoms with E-state index >= 15 is 0 Å². The lowest BCUT2D eigenvalue weighted by atomic mass is 9.87. The van der Waals surface area contributed by atoms with Crippen LogP contribution < -0.4 is 14.8 Å². The number of carbonyl (C=O) groups excluding carboxylic acids is 1. The highest BCUT2D eigenvalue weighted by Gasteiger charge is 2.28. The fraction of sp³-hybridized carbons (Fsp3) is 0.375. The number of carbonyl (C=O) groups is 1. The van der Waals surface area contributed by atoms with Crippen molar-refractivity contribution in [1.82, 2.24) is 10.2 Å². The van der Waals surface area contributed by atoms with Gasteiger partial charge >= 0.3 is 0 Å². The Hall–Kier alpha value is -2.50. The van der Waals surface area contributed by atoms with E-state index in [1.807, 2.05) is 32.0 Å². The minimum absolute atomic E-state index is 0.0242. The van der Waals surface area contributed by atoms with Gasteiger partial charge in [-0.1, -0.05) is 6.07 Å². The predicted molar refractivity (Wildman–Crippen MR) is 82.4 cm³/mol. The standard InChI is InChI=1S/C16H19N3O3/c1-9(2)22-14-6-10(4-5-13(14)21-3)11-7-15(20)18-16-12(11)8-17-19-16/h4-6,8-9,11H,7H2,1-3H3,(H2,17,18,19,20). The highest BCUT2D eigenvalue weighted by molar-refractivity contribution is 5.94. The smallest absolute Gasteiger partial charge is 0.226 e. The summed E-state index contributed by atoms with van der Waals surface area (Å²) in [6.07, 6.45) is 2.19.